The monoisotopic (exact) mass is 263 g/mol. The molecule has 3 heteroatoms. The Morgan fingerprint density at radius 1 is 1.39 bits per heavy atom. The molecule has 1 fully saturated rings. The summed E-state index contributed by atoms with van der Waals surface area (Å²) in [6.45, 7) is 4.88. The Balaban J connectivity index is 2.14. The van der Waals surface area contributed by atoms with Gasteiger partial charge in [-0.15, -0.1) is 0 Å². The van der Waals surface area contributed by atoms with Crippen LogP contribution in [-0.2, 0) is 4.79 Å². The van der Waals surface area contributed by atoms with E-state index in [9.17, 15) is 4.79 Å². The van der Waals surface area contributed by atoms with Crippen LogP contribution in [0.5, 0.6) is 0 Å². The first-order valence-electron chi connectivity index (χ1n) is 6.68. The van der Waals surface area contributed by atoms with Crippen LogP contribution in [0.25, 0.3) is 0 Å². The summed E-state index contributed by atoms with van der Waals surface area (Å²) >= 11 is 1.96. The van der Waals surface area contributed by atoms with Crippen molar-refractivity contribution >= 4 is 23.4 Å². The zero-order chi connectivity index (χ0) is 13.0. The summed E-state index contributed by atoms with van der Waals surface area (Å²) < 4.78 is 0. The first-order valence-corrected chi connectivity index (χ1v) is 7.83. The molecule has 0 aliphatic carbocycles. The molecule has 1 aromatic carbocycles. The number of carbonyl (C=O) groups excluding carboxylic acids is 1. The molecular formula is C15H21NOS. The summed E-state index contributed by atoms with van der Waals surface area (Å²) in [6, 6.07) is 8.22. The molecule has 1 aliphatic heterocycles. The van der Waals surface area contributed by atoms with Gasteiger partial charge >= 0.3 is 0 Å². The van der Waals surface area contributed by atoms with Crippen LogP contribution in [0.4, 0.5) is 5.69 Å². The first-order chi connectivity index (χ1) is 8.72. The second kappa shape index (κ2) is 6.28. The molecule has 1 amide bonds. The minimum Gasteiger partial charge on any atom is -0.312 e. The number of thioether (sulfide) groups is 1. The normalized spacial score (nSPS) is 16.6. The van der Waals surface area contributed by atoms with Crippen molar-refractivity contribution in [2.75, 3.05) is 23.0 Å². The average molecular weight is 263 g/mol. The summed E-state index contributed by atoms with van der Waals surface area (Å²) in [5.74, 6) is 2.79. The van der Waals surface area contributed by atoms with Gasteiger partial charge in [-0.25, -0.2) is 0 Å². The maximum absolute atomic E-state index is 12.6. The molecular weight excluding hydrogens is 242 g/mol. The molecule has 1 heterocycles. The highest BCUT2D eigenvalue weighted by Crippen LogP contribution is 2.27. The number of aryl methyl sites for hydroxylation is 1. The van der Waals surface area contributed by atoms with Gasteiger partial charge in [0.2, 0.25) is 5.91 Å². The zero-order valence-corrected chi connectivity index (χ0v) is 12.0. The fraction of sp³-hybridized carbons (Fsp3) is 0.533. The predicted octanol–water partition coefficient (Wildman–Crippen LogP) is 3.49. The zero-order valence-electron chi connectivity index (χ0n) is 11.2. The summed E-state index contributed by atoms with van der Waals surface area (Å²) in [7, 11) is 0. The molecule has 0 unspecified atom stereocenters. The van der Waals surface area contributed by atoms with Gasteiger partial charge in [0.25, 0.3) is 0 Å². The van der Waals surface area contributed by atoms with Crippen LogP contribution in [0.3, 0.4) is 0 Å². The highest BCUT2D eigenvalue weighted by Gasteiger charge is 2.26. The number of benzene rings is 1. The molecule has 0 N–H and O–H groups in total. The Labute approximate surface area is 114 Å². The Morgan fingerprint density at radius 3 is 2.72 bits per heavy atom. The third-order valence-corrected chi connectivity index (χ3v) is 4.51. The first kappa shape index (κ1) is 13.5. The second-order valence-electron chi connectivity index (χ2n) is 4.81. The molecule has 0 atom stereocenters. The minimum absolute atomic E-state index is 0.228. The minimum atomic E-state index is 0.228. The van der Waals surface area contributed by atoms with Gasteiger partial charge in [0.05, 0.1) is 0 Å². The lowest BCUT2D eigenvalue weighted by atomic mass is 10.0. The topological polar surface area (TPSA) is 20.3 Å². The van der Waals surface area contributed by atoms with Gasteiger partial charge in [-0.2, -0.15) is 11.8 Å². The van der Waals surface area contributed by atoms with Crippen molar-refractivity contribution in [3.8, 4) is 0 Å². The third kappa shape index (κ3) is 3.08. The predicted molar refractivity (Wildman–Crippen MR) is 79.3 cm³/mol. The Hall–Kier alpha value is -0.960. The molecule has 98 valence electrons. The molecule has 0 radical (unpaired) electrons. The Morgan fingerprint density at radius 2 is 2.11 bits per heavy atom. The maximum Gasteiger partial charge on any atom is 0.230 e. The lowest BCUT2D eigenvalue weighted by molar-refractivity contribution is -0.122. The molecule has 0 saturated carbocycles. The van der Waals surface area contributed by atoms with Gasteiger partial charge < -0.3 is 4.90 Å². The maximum atomic E-state index is 12.6. The Bertz CT molecular complexity index is 413. The number of amides is 1. The highest BCUT2D eigenvalue weighted by molar-refractivity contribution is 7.99. The smallest absolute Gasteiger partial charge is 0.230 e. The summed E-state index contributed by atoms with van der Waals surface area (Å²) in [6.07, 6.45) is 2.07. The van der Waals surface area contributed by atoms with Crippen molar-refractivity contribution in [2.45, 2.75) is 26.7 Å². The quantitative estimate of drug-likeness (QED) is 0.832. The lowest BCUT2D eigenvalue weighted by Crippen LogP contribution is -2.37. The van der Waals surface area contributed by atoms with Gasteiger partial charge in [-0.1, -0.05) is 12.1 Å². The van der Waals surface area contributed by atoms with E-state index in [1.165, 1.54) is 5.56 Å². The van der Waals surface area contributed by atoms with Gasteiger partial charge in [0.1, 0.15) is 0 Å². The molecule has 0 aromatic heterocycles. The van der Waals surface area contributed by atoms with E-state index in [2.05, 4.69) is 26.0 Å². The van der Waals surface area contributed by atoms with Crippen LogP contribution in [0, 0.1) is 12.8 Å². The average Bonchev–Trinajstić information content (AvgIpc) is 2.40. The van der Waals surface area contributed by atoms with Crippen molar-refractivity contribution in [3.63, 3.8) is 0 Å². The molecule has 1 saturated heterocycles. The number of hydrogen-bond donors (Lipinski definition) is 0. The van der Waals surface area contributed by atoms with Crippen molar-refractivity contribution in [3.05, 3.63) is 29.8 Å². The van der Waals surface area contributed by atoms with Gasteiger partial charge in [-0.05, 0) is 55.9 Å². The molecule has 0 spiro atoms. The third-order valence-electron chi connectivity index (χ3n) is 3.47. The SMILES string of the molecule is CCN(C(=O)C1CCSCC1)c1cccc(C)c1. The fourth-order valence-electron chi connectivity index (χ4n) is 2.43. The van der Waals surface area contributed by atoms with E-state index in [1.807, 2.05) is 28.8 Å². The van der Waals surface area contributed by atoms with Crippen molar-refractivity contribution in [2.24, 2.45) is 5.92 Å². The van der Waals surface area contributed by atoms with Crippen LogP contribution in [0.2, 0.25) is 0 Å². The van der Waals surface area contributed by atoms with Gasteiger partial charge in [-0.3, -0.25) is 4.79 Å². The van der Waals surface area contributed by atoms with E-state index in [1.54, 1.807) is 0 Å². The highest BCUT2D eigenvalue weighted by atomic mass is 32.2. The standard InChI is InChI=1S/C15H21NOS/c1-3-16(14-6-4-5-12(2)11-14)15(17)13-7-9-18-10-8-13/h4-6,11,13H,3,7-10H2,1-2H3. The van der Waals surface area contributed by atoms with E-state index in [0.717, 1.165) is 36.6 Å². The molecule has 1 aliphatic rings. The second-order valence-corrected chi connectivity index (χ2v) is 6.03. The van der Waals surface area contributed by atoms with Crippen LogP contribution in [0.1, 0.15) is 25.3 Å². The summed E-state index contributed by atoms with van der Waals surface area (Å²) in [4.78, 5) is 14.5. The molecule has 2 rings (SSSR count). The number of nitrogens with zero attached hydrogens (tertiary/aromatic N) is 1. The van der Waals surface area contributed by atoms with E-state index in [4.69, 9.17) is 0 Å². The number of rotatable bonds is 3. The van der Waals surface area contributed by atoms with Gasteiger partial charge in [0.15, 0.2) is 0 Å². The molecule has 2 nitrogen and oxygen atoms in total. The molecule has 18 heavy (non-hydrogen) atoms. The Kier molecular flexibility index (Phi) is 4.70. The fourth-order valence-corrected chi connectivity index (χ4v) is 3.53. The number of hydrogen-bond acceptors (Lipinski definition) is 2. The molecule has 0 bridgehead atoms. The van der Waals surface area contributed by atoms with Crippen molar-refractivity contribution in [1.82, 2.24) is 0 Å². The summed E-state index contributed by atoms with van der Waals surface area (Å²) in [5.41, 5.74) is 2.25. The van der Waals surface area contributed by atoms with E-state index < -0.39 is 0 Å². The van der Waals surface area contributed by atoms with Crippen LogP contribution >= 0.6 is 11.8 Å². The largest absolute Gasteiger partial charge is 0.312 e. The van der Waals surface area contributed by atoms with Crippen molar-refractivity contribution < 1.29 is 4.79 Å². The van der Waals surface area contributed by atoms with E-state index in [-0.39, 0.29) is 5.92 Å². The number of carbonyl (C=O) groups is 1. The van der Waals surface area contributed by atoms with Gasteiger partial charge in [0, 0.05) is 18.2 Å². The van der Waals surface area contributed by atoms with Crippen molar-refractivity contribution in [1.29, 1.82) is 0 Å². The van der Waals surface area contributed by atoms with E-state index >= 15 is 0 Å². The van der Waals surface area contributed by atoms with Crippen LogP contribution in [0.15, 0.2) is 24.3 Å². The summed E-state index contributed by atoms with van der Waals surface area (Å²) in [5, 5.41) is 0. The lowest BCUT2D eigenvalue weighted by Gasteiger charge is -2.28. The number of anilines is 1. The van der Waals surface area contributed by atoms with Crippen LogP contribution < -0.4 is 4.90 Å². The molecule has 1 aromatic rings. The van der Waals surface area contributed by atoms with E-state index in [0.29, 0.717) is 5.91 Å². The van der Waals surface area contributed by atoms with Crippen LogP contribution in [-0.4, -0.2) is 24.0 Å².